The molecule has 0 aromatic heterocycles. The number of ketones is 1. The first kappa shape index (κ1) is 25.0. The predicted molar refractivity (Wildman–Crippen MR) is 137 cm³/mol. The van der Waals surface area contributed by atoms with Crippen LogP contribution in [0.15, 0.2) is 99.6 Å². The summed E-state index contributed by atoms with van der Waals surface area (Å²) in [5.41, 5.74) is 0.607. The van der Waals surface area contributed by atoms with E-state index in [1.54, 1.807) is 0 Å². The van der Waals surface area contributed by atoms with Gasteiger partial charge in [-0.3, -0.25) is 9.59 Å². The topological polar surface area (TPSA) is 63.6 Å². The first-order chi connectivity index (χ1) is 15.8. The lowest BCUT2D eigenvalue weighted by Gasteiger charge is -2.23. The molecule has 6 heteroatoms. The van der Waals surface area contributed by atoms with Crippen LogP contribution in [-0.4, -0.2) is 31.5 Å². The van der Waals surface area contributed by atoms with Gasteiger partial charge < -0.3 is 9.53 Å². The number of esters is 1. The van der Waals surface area contributed by atoms with Gasteiger partial charge >= 0.3 is 5.97 Å². The number of thiol groups is 1. The summed E-state index contributed by atoms with van der Waals surface area (Å²) in [6.07, 6.45) is 0.856. The second kappa shape index (κ2) is 12.0. The zero-order valence-corrected chi connectivity index (χ0v) is 21.1. The first-order valence-electron chi connectivity index (χ1n) is 11.2. The molecule has 0 fully saturated rings. The largest absolute Gasteiger partial charge is 0.466 e. The molecule has 3 rings (SSSR count). The van der Waals surface area contributed by atoms with Crippen LogP contribution in [0, 0.1) is 0 Å². The van der Waals surface area contributed by atoms with Crippen molar-refractivity contribution in [1.29, 1.82) is 0 Å². The maximum Gasteiger partial charge on any atom is 0.306 e. The quantitative estimate of drug-likeness (QED) is 0.112. The highest BCUT2D eigenvalue weighted by Gasteiger charge is 2.17. The van der Waals surface area contributed by atoms with Gasteiger partial charge in [0.15, 0.2) is 14.1 Å². The van der Waals surface area contributed by atoms with Crippen LogP contribution in [0.4, 0.5) is 0 Å². The van der Waals surface area contributed by atoms with Crippen molar-refractivity contribution in [3.8, 4) is 0 Å². The molecule has 1 N–H and O–H groups in total. The fraction of sp³-hybridized carbons (Fsp3) is 0.259. The highest BCUT2D eigenvalue weighted by Crippen LogP contribution is 2.51. The molecular formula is C27H32O4SSi. The third-order valence-corrected chi connectivity index (χ3v) is 9.25. The molecule has 0 radical (unpaired) electrons. The van der Waals surface area contributed by atoms with Crippen molar-refractivity contribution in [2.24, 2.45) is 0 Å². The second-order valence-electron chi connectivity index (χ2n) is 8.61. The molecule has 0 saturated heterocycles. The van der Waals surface area contributed by atoms with E-state index in [4.69, 9.17) is 4.74 Å². The average molecular weight is 481 g/mol. The summed E-state index contributed by atoms with van der Waals surface area (Å²) in [6.45, 7) is 4.02. The van der Waals surface area contributed by atoms with Crippen molar-refractivity contribution in [2.75, 3.05) is 6.61 Å². The summed E-state index contributed by atoms with van der Waals surface area (Å²) in [4.78, 5) is 38.1. The highest BCUT2D eigenvalue weighted by atomic mass is 32.2. The number of ether oxygens (including phenoxy) is 1. The Morgan fingerprint density at radius 3 is 1.82 bits per heavy atom. The lowest BCUT2D eigenvalue weighted by Crippen LogP contribution is -2.25. The van der Waals surface area contributed by atoms with Crippen LogP contribution in [0.2, 0.25) is 19.1 Å². The predicted octanol–water partition coefficient (Wildman–Crippen LogP) is 6.26. The number of rotatable bonds is 11. The Labute approximate surface area is 200 Å². The normalized spacial score (nSPS) is 11.7. The van der Waals surface area contributed by atoms with Crippen molar-refractivity contribution in [3.05, 3.63) is 90.5 Å². The van der Waals surface area contributed by atoms with Crippen LogP contribution >= 0.6 is 10.9 Å². The molecule has 0 saturated carbocycles. The molecule has 0 amide bonds. The molecule has 0 aliphatic rings. The minimum atomic E-state index is -2.11. The summed E-state index contributed by atoms with van der Waals surface area (Å²) >= 11 is 0. The van der Waals surface area contributed by atoms with Crippen molar-refractivity contribution in [3.63, 3.8) is 0 Å². The molecule has 4 nitrogen and oxygen atoms in total. The van der Waals surface area contributed by atoms with Gasteiger partial charge in [0, 0.05) is 12.0 Å². The van der Waals surface area contributed by atoms with E-state index in [1.807, 2.05) is 49.5 Å². The van der Waals surface area contributed by atoms with Gasteiger partial charge in [0.2, 0.25) is 0 Å². The smallest absolute Gasteiger partial charge is 0.306 e. The number of carbonyl (C=O) groups excluding carboxylic acids is 2. The first-order valence-corrected chi connectivity index (χ1v) is 15.7. The van der Waals surface area contributed by atoms with Crippen LogP contribution in [-0.2, 0) is 9.53 Å². The van der Waals surface area contributed by atoms with Crippen molar-refractivity contribution >= 4 is 31.0 Å². The Balaban J connectivity index is 1.60. The van der Waals surface area contributed by atoms with E-state index in [2.05, 4.69) is 48.5 Å². The molecule has 174 valence electrons. The van der Waals surface area contributed by atoms with Crippen LogP contribution in [0.25, 0.3) is 0 Å². The minimum Gasteiger partial charge on any atom is -0.466 e. The Bertz CT molecular complexity index is 992. The van der Waals surface area contributed by atoms with Crippen molar-refractivity contribution < 1.29 is 19.1 Å². The number of Topliss-reactive ketones (excluding diaryl/α,β-unsaturated/α-hetero) is 1. The number of hydrogen-bond acceptors (Lipinski definition) is 4. The van der Waals surface area contributed by atoms with Crippen LogP contribution in [0.5, 0.6) is 0 Å². The summed E-state index contributed by atoms with van der Waals surface area (Å²) < 4.78 is 5.19. The van der Waals surface area contributed by atoms with Gasteiger partial charge in [-0.2, -0.15) is 10.9 Å². The van der Waals surface area contributed by atoms with Crippen molar-refractivity contribution in [1.82, 2.24) is 0 Å². The van der Waals surface area contributed by atoms with Crippen molar-refractivity contribution in [2.45, 2.75) is 53.1 Å². The summed E-state index contributed by atoms with van der Waals surface area (Å²) in [5, 5.41) is 0. The Hall–Kier alpha value is -2.67. The Kier molecular flexibility index (Phi) is 9.06. The number of benzene rings is 3. The molecule has 0 unspecified atom stereocenters. The third kappa shape index (κ3) is 8.00. The fourth-order valence-corrected chi connectivity index (χ4v) is 6.81. The second-order valence-corrected chi connectivity index (χ2v) is 15.0. The van der Waals surface area contributed by atoms with Crippen LogP contribution in [0.3, 0.4) is 0 Å². The van der Waals surface area contributed by atoms with Gasteiger partial charge in [0.1, 0.15) is 0 Å². The van der Waals surface area contributed by atoms with Gasteiger partial charge in [-0.15, -0.1) is 0 Å². The van der Waals surface area contributed by atoms with Crippen LogP contribution in [0.1, 0.15) is 29.6 Å². The molecule has 0 heterocycles. The minimum absolute atomic E-state index is 0.0638. The van der Waals surface area contributed by atoms with Gasteiger partial charge in [-0.25, -0.2) is 0 Å². The maximum absolute atomic E-state index is 12.6. The lowest BCUT2D eigenvalue weighted by atomic mass is 10.1. The van der Waals surface area contributed by atoms with E-state index >= 15 is 0 Å². The Morgan fingerprint density at radius 1 is 0.788 bits per heavy atom. The van der Waals surface area contributed by atoms with Gasteiger partial charge in [0.25, 0.3) is 0 Å². The average Bonchev–Trinajstić information content (AvgIpc) is 2.82. The van der Waals surface area contributed by atoms with E-state index in [0.717, 1.165) is 0 Å². The molecular weight excluding hydrogens is 448 g/mol. The summed E-state index contributed by atoms with van der Waals surface area (Å²) in [7, 11) is -2.82. The fourth-order valence-electron chi connectivity index (χ4n) is 3.52. The SMILES string of the molecule is C[Si](C)(O)CCCOC(=O)CCC(=O)c1ccc([SH](c2ccccc2)c2ccccc2)cc1. The molecule has 0 aliphatic heterocycles. The lowest BCUT2D eigenvalue weighted by molar-refractivity contribution is -0.143. The van der Waals surface area contributed by atoms with E-state index in [-0.39, 0.29) is 24.6 Å². The summed E-state index contributed by atoms with van der Waals surface area (Å²) in [6, 6.07) is 29.3. The zero-order chi connectivity index (χ0) is 23.7. The van der Waals surface area contributed by atoms with Gasteiger partial charge in [-0.05, 0) is 76.6 Å². The van der Waals surface area contributed by atoms with Crippen LogP contribution < -0.4 is 0 Å². The molecule has 0 aliphatic carbocycles. The van der Waals surface area contributed by atoms with Gasteiger partial charge in [-0.1, -0.05) is 48.5 Å². The maximum atomic E-state index is 12.6. The molecule has 33 heavy (non-hydrogen) atoms. The number of carbonyl (C=O) groups is 2. The molecule has 3 aromatic rings. The molecule has 0 bridgehead atoms. The zero-order valence-electron chi connectivity index (χ0n) is 19.2. The van der Waals surface area contributed by atoms with E-state index < -0.39 is 19.2 Å². The highest BCUT2D eigenvalue weighted by molar-refractivity contribution is 8.17. The van der Waals surface area contributed by atoms with E-state index in [0.29, 0.717) is 24.6 Å². The van der Waals surface area contributed by atoms with E-state index in [1.165, 1.54) is 14.7 Å². The Morgan fingerprint density at radius 2 is 1.30 bits per heavy atom. The standard InChI is InChI=1S/C27H32O4SSi/c1-33(2,30)21-9-20-31-27(29)19-18-26(28)22-14-16-25(17-15-22)32(23-10-5-3-6-11-23)24-12-7-4-8-13-24/h3-8,10-17,30,32H,9,18-21H2,1-2H3. The molecule has 3 aromatic carbocycles. The monoisotopic (exact) mass is 480 g/mol. The molecule has 0 spiro atoms. The van der Waals surface area contributed by atoms with Gasteiger partial charge in [0.05, 0.1) is 13.0 Å². The number of hydrogen-bond donors (Lipinski definition) is 2. The summed E-state index contributed by atoms with van der Waals surface area (Å²) in [5.74, 6) is -0.430. The van der Waals surface area contributed by atoms with E-state index in [9.17, 15) is 14.4 Å². The third-order valence-electron chi connectivity index (χ3n) is 5.23. The molecule has 0 atom stereocenters.